The summed E-state index contributed by atoms with van der Waals surface area (Å²) in [5.74, 6) is -0.267. The van der Waals surface area contributed by atoms with Gasteiger partial charge < -0.3 is 0 Å². The summed E-state index contributed by atoms with van der Waals surface area (Å²) in [6, 6.07) is 10.7. The number of hydrogen-bond acceptors (Lipinski definition) is 5. The normalized spacial score (nSPS) is 11.1. The number of nitrogens with zero attached hydrogens (tertiary/aromatic N) is 3. The molecule has 4 rings (SSSR count). The zero-order valence-corrected chi connectivity index (χ0v) is 17.4. The Kier molecular flexibility index (Phi) is 5.34. The lowest BCUT2D eigenvalue weighted by atomic mass is 10.2. The monoisotopic (exact) mass is 453 g/mol. The number of aromatic nitrogens is 2. The minimum Gasteiger partial charge on any atom is -0.279 e. The lowest BCUT2D eigenvalue weighted by Crippen LogP contribution is -2.30. The third-order valence-corrected chi connectivity index (χ3v) is 6.53. The van der Waals surface area contributed by atoms with Crippen LogP contribution < -0.4 is 4.90 Å². The summed E-state index contributed by atoms with van der Waals surface area (Å²) in [6.45, 7) is 0.310. The average Bonchev–Trinajstić information content (AvgIpc) is 3.22. The molecule has 1 amide bonds. The number of anilines is 1. The highest BCUT2D eigenvalue weighted by Gasteiger charge is 2.25. The summed E-state index contributed by atoms with van der Waals surface area (Å²) >= 11 is 20.9. The van der Waals surface area contributed by atoms with Crippen molar-refractivity contribution in [1.29, 1.82) is 0 Å². The van der Waals surface area contributed by atoms with Gasteiger partial charge in [0.25, 0.3) is 5.91 Å². The summed E-state index contributed by atoms with van der Waals surface area (Å²) in [7, 11) is 0. The third kappa shape index (κ3) is 3.95. The lowest BCUT2D eigenvalue weighted by molar-refractivity contribution is 0.0985. The number of carbonyl (C=O) groups is 1. The molecule has 0 aliphatic rings. The molecule has 0 saturated carbocycles. The van der Waals surface area contributed by atoms with E-state index in [9.17, 15) is 4.79 Å². The van der Waals surface area contributed by atoms with Crippen LogP contribution in [-0.2, 0) is 6.54 Å². The highest BCUT2D eigenvalue weighted by molar-refractivity contribution is 7.22. The van der Waals surface area contributed by atoms with Crippen molar-refractivity contribution in [3.63, 3.8) is 0 Å². The molecule has 0 fully saturated rings. The number of amides is 1. The third-order valence-electron chi connectivity index (χ3n) is 3.77. The number of thiophene rings is 1. The molecule has 0 unspecified atom stereocenters. The topological polar surface area (TPSA) is 46.1 Å². The van der Waals surface area contributed by atoms with Crippen LogP contribution in [0.15, 0.2) is 48.8 Å². The number of halogens is 3. The fraction of sp³-hybridized carbons (Fsp3) is 0.0556. The van der Waals surface area contributed by atoms with E-state index in [0.717, 1.165) is 27.1 Å². The van der Waals surface area contributed by atoms with Crippen molar-refractivity contribution in [1.82, 2.24) is 9.97 Å². The van der Waals surface area contributed by atoms with Crippen LogP contribution in [0.3, 0.4) is 0 Å². The van der Waals surface area contributed by atoms with Crippen LogP contribution >= 0.6 is 57.5 Å². The highest BCUT2D eigenvalue weighted by atomic mass is 35.5. The molecule has 9 heteroatoms. The van der Waals surface area contributed by atoms with Gasteiger partial charge in [-0.1, -0.05) is 52.2 Å². The molecule has 1 aromatic carbocycles. The molecular formula is C18H10Cl3N3OS2. The Morgan fingerprint density at radius 3 is 2.67 bits per heavy atom. The number of fused-ring (bicyclic) bond motifs is 1. The van der Waals surface area contributed by atoms with Crippen LogP contribution in [0, 0.1) is 0 Å². The Morgan fingerprint density at radius 1 is 1.11 bits per heavy atom. The maximum Gasteiger partial charge on any atom is 0.262 e. The standard InChI is InChI=1S/C18H10Cl3N3OS2/c19-11-3-4-13-14(6-11)26-18(23-13)24(9-10-2-1-5-22-8-10)17(25)12-7-15(20)27-16(12)21/h1-8H,9H2. The second-order valence-electron chi connectivity index (χ2n) is 5.60. The first kappa shape index (κ1) is 18.7. The molecule has 0 saturated heterocycles. The minimum atomic E-state index is -0.267. The quantitative estimate of drug-likeness (QED) is 0.351. The van der Waals surface area contributed by atoms with E-state index < -0.39 is 0 Å². The molecule has 0 radical (unpaired) electrons. The van der Waals surface area contributed by atoms with Gasteiger partial charge in [-0.25, -0.2) is 4.98 Å². The second-order valence-corrected chi connectivity index (χ2v) is 9.33. The molecule has 4 nitrogen and oxygen atoms in total. The van der Waals surface area contributed by atoms with Gasteiger partial charge in [0.15, 0.2) is 5.13 Å². The molecule has 3 aromatic heterocycles. The van der Waals surface area contributed by atoms with Gasteiger partial charge in [-0.15, -0.1) is 11.3 Å². The van der Waals surface area contributed by atoms with Gasteiger partial charge >= 0.3 is 0 Å². The van der Waals surface area contributed by atoms with Crippen LogP contribution in [-0.4, -0.2) is 15.9 Å². The van der Waals surface area contributed by atoms with Crippen molar-refractivity contribution in [2.45, 2.75) is 6.54 Å². The van der Waals surface area contributed by atoms with E-state index in [2.05, 4.69) is 9.97 Å². The van der Waals surface area contributed by atoms with Crippen molar-refractivity contribution in [3.8, 4) is 0 Å². The summed E-state index contributed by atoms with van der Waals surface area (Å²) in [5, 5.41) is 1.18. The molecule has 27 heavy (non-hydrogen) atoms. The van der Waals surface area contributed by atoms with E-state index in [1.165, 1.54) is 11.3 Å². The predicted octanol–water partition coefficient (Wildman–Crippen LogP) is 6.56. The number of rotatable bonds is 4. The minimum absolute atomic E-state index is 0.267. The van der Waals surface area contributed by atoms with Crippen molar-refractivity contribution >= 4 is 78.7 Å². The molecular weight excluding hydrogens is 445 g/mol. The maximum atomic E-state index is 13.2. The molecule has 0 aliphatic carbocycles. The highest BCUT2D eigenvalue weighted by Crippen LogP contribution is 2.36. The Labute approximate surface area is 178 Å². The lowest BCUT2D eigenvalue weighted by Gasteiger charge is -2.19. The molecule has 0 N–H and O–H groups in total. The number of thiazole rings is 1. The molecule has 3 heterocycles. The van der Waals surface area contributed by atoms with Crippen molar-refractivity contribution in [2.75, 3.05) is 4.90 Å². The van der Waals surface area contributed by atoms with Gasteiger partial charge in [0.05, 0.1) is 26.7 Å². The smallest absolute Gasteiger partial charge is 0.262 e. The fourth-order valence-electron chi connectivity index (χ4n) is 2.53. The first-order valence-corrected chi connectivity index (χ1v) is 10.5. The van der Waals surface area contributed by atoms with Gasteiger partial charge in [0.2, 0.25) is 0 Å². The van der Waals surface area contributed by atoms with Gasteiger partial charge in [-0.2, -0.15) is 0 Å². The Balaban J connectivity index is 1.79. The molecule has 0 atom stereocenters. The SMILES string of the molecule is O=C(c1cc(Cl)sc1Cl)N(Cc1cccnc1)c1nc2ccc(Cl)cc2s1. The first-order chi connectivity index (χ1) is 13.0. The number of carbonyl (C=O) groups excluding carboxylic acids is 1. The molecule has 4 aromatic rings. The maximum absolute atomic E-state index is 13.2. The average molecular weight is 455 g/mol. The second kappa shape index (κ2) is 7.73. The Bertz CT molecular complexity index is 1130. The van der Waals surface area contributed by atoms with Crippen LogP contribution in [0.4, 0.5) is 5.13 Å². The Morgan fingerprint density at radius 2 is 1.96 bits per heavy atom. The summed E-state index contributed by atoms with van der Waals surface area (Å²) < 4.78 is 1.71. The van der Waals surface area contributed by atoms with Gasteiger partial charge in [0.1, 0.15) is 4.34 Å². The van der Waals surface area contributed by atoms with Crippen molar-refractivity contribution in [2.24, 2.45) is 0 Å². The van der Waals surface area contributed by atoms with Crippen molar-refractivity contribution in [3.05, 3.63) is 73.6 Å². The van der Waals surface area contributed by atoms with Crippen LogP contribution in [0.25, 0.3) is 10.2 Å². The fourth-order valence-corrected chi connectivity index (χ4v) is 5.22. The number of hydrogen-bond donors (Lipinski definition) is 0. The van der Waals surface area contributed by atoms with E-state index in [-0.39, 0.29) is 5.91 Å². The molecule has 0 bridgehead atoms. The largest absolute Gasteiger partial charge is 0.279 e. The summed E-state index contributed by atoms with van der Waals surface area (Å²) in [6.07, 6.45) is 3.40. The van der Waals surface area contributed by atoms with E-state index in [0.29, 0.717) is 30.9 Å². The van der Waals surface area contributed by atoms with Gasteiger partial charge in [-0.05, 0) is 35.9 Å². The van der Waals surface area contributed by atoms with Crippen LogP contribution in [0.1, 0.15) is 15.9 Å². The number of benzene rings is 1. The van der Waals surface area contributed by atoms with Crippen molar-refractivity contribution < 1.29 is 4.79 Å². The zero-order valence-electron chi connectivity index (χ0n) is 13.5. The Hall–Kier alpha value is -1.70. The summed E-state index contributed by atoms with van der Waals surface area (Å²) in [5.41, 5.74) is 2.01. The predicted molar refractivity (Wildman–Crippen MR) is 114 cm³/mol. The number of pyridine rings is 1. The van der Waals surface area contributed by atoms with E-state index >= 15 is 0 Å². The van der Waals surface area contributed by atoms with E-state index in [4.69, 9.17) is 34.8 Å². The van der Waals surface area contributed by atoms with E-state index in [1.807, 2.05) is 24.3 Å². The molecule has 0 spiro atoms. The van der Waals surface area contributed by atoms with Gasteiger partial charge in [-0.3, -0.25) is 14.7 Å². The van der Waals surface area contributed by atoms with Crippen LogP contribution in [0.2, 0.25) is 13.7 Å². The van der Waals surface area contributed by atoms with Crippen LogP contribution in [0.5, 0.6) is 0 Å². The van der Waals surface area contributed by atoms with E-state index in [1.54, 1.807) is 29.4 Å². The zero-order chi connectivity index (χ0) is 19.0. The summed E-state index contributed by atoms with van der Waals surface area (Å²) in [4.78, 5) is 23.5. The first-order valence-electron chi connectivity index (χ1n) is 7.73. The molecule has 0 aliphatic heterocycles. The molecule has 136 valence electrons. The van der Waals surface area contributed by atoms with Gasteiger partial charge in [0, 0.05) is 17.4 Å².